The first-order valence-electron chi connectivity index (χ1n) is 12.9. The van der Waals surface area contributed by atoms with Crippen LogP contribution >= 0.6 is 23.4 Å². The van der Waals surface area contributed by atoms with E-state index in [4.69, 9.17) is 21.6 Å². The lowest BCUT2D eigenvalue weighted by molar-refractivity contribution is 0.576. The van der Waals surface area contributed by atoms with Gasteiger partial charge in [0, 0.05) is 51.4 Å². The minimum atomic E-state index is -0.166. The maximum atomic E-state index is 15.5. The van der Waals surface area contributed by atoms with Gasteiger partial charge in [0.2, 0.25) is 0 Å². The number of aromatic nitrogens is 6. The highest BCUT2D eigenvalue weighted by atomic mass is 35.5. The van der Waals surface area contributed by atoms with E-state index in [1.165, 1.54) is 11.0 Å². The molecule has 8 nitrogen and oxygen atoms in total. The summed E-state index contributed by atoms with van der Waals surface area (Å²) < 4.78 is 18.8. The number of rotatable bonds is 4. The molecule has 3 unspecified atom stereocenters. The zero-order valence-corrected chi connectivity index (χ0v) is 22.2. The molecule has 0 radical (unpaired) electrons. The second kappa shape index (κ2) is 8.69. The minimum Gasteiger partial charge on any atom is -0.287 e. The number of benzene rings is 2. The lowest BCUT2D eigenvalue weighted by atomic mass is 9.96. The number of nitrogens with zero attached hydrogens (tertiary/aromatic N) is 7. The molecule has 11 heteroatoms. The summed E-state index contributed by atoms with van der Waals surface area (Å²) in [7, 11) is 0. The maximum Gasteiger partial charge on any atom is 0.254 e. The van der Waals surface area contributed by atoms with Crippen LogP contribution in [0.3, 0.4) is 0 Å². The monoisotopic (exact) mass is 557 g/mol. The Labute approximate surface area is 231 Å². The molecule has 8 rings (SSSR count). The van der Waals surface area contributed by atoms with E-state index < -0.39 is 0 Å². The molecule has 1 fully saturated rings. The lowest BCUT2D eigenvalue weighted by Crippen LogP contribution is -2.30. The van der Waals surface area contributed by atoms with Crippen LogP contribution in [0.5, 0.6) is 0 Å². The third-order valence-corrected chi connectivity index (χ3v) is 9.58. The van der Waals surface area contributed by atoms with Crippen LogP contribution in [0, 0.1) is 11.7 Å². The summed E-state index contributed by atoms with van der Waals surface area (Å²) in [4.78, 5) is 24.1. The highest BCUT2D eigenvalue weighted by Crippen LogP contribution is 2.59. The fourth-order valence-electron chi connectivity index (χ4n) is 6.25. The second-order valence-electron chi connectivity index (χ2n) is 10.4. The third-order valence-electron chi connectivity index (χ3n) is 8.13. The van der Waals surface area contributed by atoms with Crippen LogP contribution in [-0.4, -0.2) is 41.2 Å². The van der Waals surface area contributed by atoms with Crippen LogP contribution in [-0.2, 0) is 6.42 Å². The molecule has 4 aromatic rings. The largest absolute Gasteiger partial charge is 0.287 e. The number of thioether (sulfide) groups is 1. The van der Waals surface area contributed by atoms with Crippen molar-refractivity contribution in [3.63, 3.8) is 0 Å². The summed E-state index contributed by atoms with van der Waals surface area (Å²) >= 11 is 7.92. The van der Waals surface area contributed by atoms with Crippen molar-refractivity contribution in [2.24, 2.45) is 10.9 Å². The van der Waals surface area contributed by atoms with Crippen molar-refractivity contribution in [2.75, 3.05) is 5.75 Å². The standard InChI is InChI=1S/C28H21ClFN7OS/c29-16-4-6-23(36-13-32-34-35-36)20(9-16)21-11-24(38)37-26(18-10-19(18)28(37)33-21)22-8-15(12-31-22)17-5-3-14-2-1-7-39-27(14)25(17)30/h3-6,9,11-13,18-19,26H,1-2,7-8,10H2. The molecule has 2 aromatic carbocycles. The molecule has 3 atom stereocenters. The van der Waals surface area contributed by atoms with Gasteiger partial charge in [-0.15, -0.1) is 16.9 Å². The number of aryl methyl sites for hydroxylation is 1. The first-order chi connectivity index (χ1) is 19.1. The average Bonchev–Trinajstić information content (AvgIpc) is 3.28. The Morgan fingerprint density at radius 2 is 2.05 bits per heavy atom. The van der Waals surface area contributed by atoms with Gasteiger partial charge in [0.1, 0.15) is 18.0 Å². The fraction of sp³-hybridized carbons (Fsp3) is 0.286. The van der Waals surface area contributed by atoms with Crippen molar-refractivity contribution in [1.29, 1.82) is 0 Å². The van der Waals surface area contributed by atoms with Gasteiger partial charge in [-0.1, -0.05) is 23.7 Å². The Morgan fingerprint density at radius 3 is 2.92 bits per heavy atom. The Morgan fingerprint density at radius 1 is 1.13 bits per heavy atom. The molecule has 0 N–H and O–H groups in total. The van der Waals surface area contributed by atoms with Crippen molar-refractivity contribution in [3.8, 4) is 16.9 Å². The summed E-state index contributed by atoms with van der Waals surface area (Å²) in [6, 6.07) is 10.7. The number of hydrogen-bond donors (Lipinski definition) is 0. The van der Waals surface area contributed by atoms with E-state index in [9.17, 15) is 4.79 Å². The first kappa shape index (κ1) is 23.3. The fourth-order valence-corrected chi connectivity index (χ4v) is 7.50. The number of aliphatic imine (C=N–C) groups is 1. The minimum absolute atomic E-state index is 0.137. The molecular formula is C28H21ClFN7OS. The number of allylic oxidation sites excluding steroid dienone is 1. The SMILES string of the molecule is O=c1cc(-c2cc(Cl)ccc2-n2cnnn2)nc2n1C(C1=NC=C(c3ccc4c(c3F)SCCC4)C1)C1CC21. The zero-order valence-electron chi connectivity index (χ0n) is 20.6. The number of tetrazole rings is 1. The van der Waals surface area contributed by atoms with Crippen LogP contribution in [0.1, 0.15) is 48.2 Å². The molecule has 4 aliphatic rings. The van der Waals surface area contributed by atoms with Crippen molar-refractivity contribution < 1.29 is 4.39 Å². The molecule has 0 spiro atoms. The highest BCUT2D eigenvalue weighted by Gasteiger charge is 2.55. The normalized spacial score (nSPS) is 22.7. The van der Waals surface area contributed by atoms with Crippen LogP contribution in [0.25, 0.3) is 22.5 Å². The maximum absolute atomic E-state index is 15.5. The van der Waals surface area contributed by atoms with Crippen molar-refractivity contribution in [1.82, 2.24) is 29.8 Å². The van der Waals surface area contributed by atoms with Gasteiger partial charge in [-0.05, 0) is 70.7 Å². The van der Waals surface area contributed by atoms with Crippen molar-refractivity contribution >= 4 is 34.6 Å². The van der Waals surface area contributed by atoms with Gasteiger partial charge < -0.3 is 0 Å². The molecule has 5 heterocycles. The van der Waals surface area contributed by atoms with E-state index in [0.717, 1.165) is 52.6 Å². The van der Waals surface area contributed by atoms with Crippen LogP contribution in [0.2, 0.25) is 5.02 Å². The van der Waals surface area contributed by atoms with Crippen LogP contribution in [0.4, 0.5) is 4.39 Å². The van der Waals surface area contributed by atoms with Crippen LogP contribution in [0.15, 0.2) is 63.6 Å². The number of fused-ring (bicyclic) bond motifs is 4. The number of halogens is 2. The predicted octanol–water partition coefficient (Wildman–Crippen LogP) is 5.26. The van der Waals surface area contributed by atoms with E-state index in [1.54, 1.807) is 40.7 Å². The Hall–Kier alpha value is -3.63. The van der Waals surface area contributed by atoms with Crippen molar-refractivity contribution in [3.05, 3.63) is 87.1 Å². The van der Waals surface area contributed by atoms with Gasteiger partial charge in [0.15, 0.2) is 0 Å². The van der Waals surface area contributed by atoms with E-state index in [1.807, 2.05) is 12.1 Å². The summed E-state index contributed by atoms with van der Waals surface area (Å²) in [6.07, 6.45) is 6.75. The molecule has 0 amide bonds. The van der Waals surface area contributed by atoms with Gasteiger partial charge >= 0.3 is 0 Å². The molecular weight excluding hydrogens is 537 g/mol. The Bertz CT molecular complexity index is 1800. The summed E-state index contributed by atoms with van der Waals surface area (Å²) in [5, 5.41) is 12.0. The van der Waals surface area contributed by atoms with Gasteiger partial charge in [-0.25, -0.2) is 9.37 Å². The highest BCUT2D eigenvalue weighted by molar-refractivity contribution is 7.99. The molecule has 1 aliphatic carbocycles. The molecule has 0 bridgehead atoms. The van der Waals surface area contributed by atoms with E-state index in [0.29, 0.717) is 34.0 Å². The second-order valence-corrected chi connectivity index (χ2v) is 11.9. The van der Waals surface area contributed by atoms with Gasteiger partial charge in [0.25, 0.3) is 5.56 Å². The molecule has 3 aliphatic heterocycles. The summed E-state index contributed by atoms with van der Waals surface area (Å²) in [5.41, 5.74) is 5.23. The molecule has 194 valence electrons. The smallest absolute Gasteiger partial charge is 0.254 e. The molecule has 2 aromatic heterocycles. The lowest BCUT2D eigenvalue weighted by Gasteiger charge is -2.20. The topological polar surface area (TPSA) is 90.9 Å². The summed E-state index contributed by atoms with van der Waals surface area (Å²) in [5.74, 6) is 2.04. The Balaban J connectivity index is 1.13. The average molecular weight is 558 g/mol. The Kier molecular flexibility index (Phi) is 5.19. The van der Waals surface area contributed by atoms with Crippen molar-refractivity contribution in [2.45, 2.75) is 42.5 Å². The number of hydrogen-bond acceptors (Lipinski definition) is 7. The summed E-state index contributed by atoms with van der Waals surface area (Å²) in [6.45, 7) is 0. The van der Waals surface area contributed by atoms with Gasteiger partial charge in [0.05, 0.1) is 17.4 Å². The first-order valence-corrected chi connectivity index (χ1v) is 14.3. The molecule has 1 saturated carbocycles. The van der Waals surface area contributed by atoms with E-state index >= 15 is 4.39 Å². The third kappa shape index (κ3) is 3.65. The van der Waals surface area contributed by atoms with Gasteiger partial charge in [-0.2, -0.15) is 4.68 Å². The van der Waals surface area contributed by atoms with E-state index in [-0.39, 0.29) is 29.3 Å². The zero-order chi connectivity index (χ0) is 26.2. The van der Waals surface area contributed by atoms with Crippen LogP contribution < -0.4 is 5.56 Å². The quantitative estimate of drug-likeness (QED) is 0.340. The van der Waals surface area contributed by atoms with E-state index in [2.05, 4.69) is 21.6 Å². The molecule has 39 heavy (non-hydrogen) atoms. The predicted molar refractivity (Wildman–Crippen MR) is 147 cm³/mol. The van der Waals surface area contributed by atoms with Gasteiger partial charge in [-0.3, -0.25) is 14.4 Å². The molecule has 0 saturated heterocycles.